The van der Waals surface area contributed by atoms with Crippen LogP contribution < -0.4 is 4.74 Å². The van der Waals surface area contributed by atoms with E-state index >= 15 is 0 Å². The first kappa shape index (κ1) is 19.3. The molecule has 3 rings (SSSR count). The molecule has 1 saturated heterocycles. The molecular formula is C22H24F3NO. The van der Waals surface area contributed by atoms with Crippen molar-refractivity contribution in [1.29, 1.82) is 0 Å². The van der Waals surface area contributed by atoms with Crippen molar-refractivity contribution in [3.63, 3.8) is 0 Å². The molecule has 0 bridgehead atoms. The summed E-state index contributed by atoms with van der Waals surface area (Å²) in [5, 5.41) is 0. The van der Waals surface area contributed by atoms with Gasteiger partial charge in [0.2, 0.25) is 0 Å². The van der Waals surface area contributed by atoms with Gasteiger partial charge in [-0.15, -0.1) is 0 Å². The summed E-state index contributed by atoms with van der Waals surface area (Å²) >= 11 is 0. The molecule has 2 aromatic carbocycles. The molecule has 1 aliphatic rings. The Morgan fingerprint density at radius 1 is 0.963 bits per heavy atom. The Labute approximate surface area is 158 Å². The molecule has 0 atom stereocenters. The van der Waals surface area contributed by atoms with E-state index in [0.29, 0.717) is 5.92 Å². The van der Waals surface area contributed by atoms with Crippen molar-refractivity contribution >= 4 is 6.08 Å². The minimum atomic E-state index is -4.28. The largest absolute Gasteiger partial charge is 0.494 e. The van der Waals surface area contributed by atoms with Crippen LogP contribution in [0.5, 0.6) is 5.75 Å². The highest BCUT2D eigenvalue weighted by Crippen LogP contribution is 2.29. The lowest BCUT2D eigenvalue weighted by Crippen LogP contribution is -2.30. The highest BCUT2D eigenvalue weighted by molar-refractivity contribution is 5.49. The van der Waals surface area contributed by atoms with Gasteiger partial charge in [-0.25, -0.2) is 0 Å². The van der Waals surface area contributed by atoms with E-state index in [9.17, 15) is 13.2 Å². The van der Waals surface area contributed by atoms with Crippen molar-refractivity contribution < 1.29 is 17.9 Å². The van der Waals surface area contributed by atoms with Crippen LogP contribution in [0.15, 0.2) is 60.8 Å². The van der Waals surface area contributed by atoms with Crippen LogP contribution in [-0.4, -0.2) is 24.6 Å². The van der Waals surface area contributed by atoms with Crippen LogP contribution in [0.2, 0.25) is 0 Å². The molecule has 27 heavy (non-hydrogen) atoms. The second kappa shape index (κ2) is 8.98. The number of piperidine rings is 1. The predicted molar refractivity (Wildman–Crippen MR) is 101 cm³/mol. The first-order chi connectivity index (χ1) is 13.0. The number of hydrogen-bond acceptors (Lipinski definition) is 2. The van der Waals surface area contributed by atoms with Gasteiger partial charge >= 0.3 is 6.18 Å². The number of para-hydroxylation sites is 1. The molecule has 1 fully saturated rings. The van der Waals surface area contributed by atoms with Crippen molar-refractivity contribution in [2.24, 2.45) is 5.92 Å². The third-order valence-corrected chi connectivity index (χ3v) is 4.90. The summed E-state index contributed by atoms with van der Waals surface area (Å²) in [5.74, 6) is 1.57. The summed E-state index contributed by atoms with van der Waals surface area (Å²) in [6.07, 6.45) is 2.84. The van der Waals surface area contributed by atoms with Crippen LogP contribution in [0, 0.1) is 5.92 Å². The van der Waals surface area contributed by atoms with Gasteiger partial charge in [-0.1, -0.05) is 30.3 Å². The van der Waals surface area contributed by atoms with Crippen molar-refractivity contribution in [3.8, 4) is 5.75 Å². The van der Waals surface area contributed by atoms with Crippen molar-refractivity contribution in [2.75, 3.05) is 19.7 Å². The number of hydrogen-bond donors (Lipinski definition) is 0. The number of nitrogens with zero attached hydrogens (tertiary/aromatic N) is 1. The lowest BCUT2D eigenvalue weighted by Gasteiger charge is -2.31. The van der Waals surface area contributed by atoms with Gasteiger partial charge in [0.1, 0.15) is 5.75 Å². The fraction of sp³-hybridized carbons (Fsp3) is 0.364. The molecule has 5 heteroatoms. The fourth-order valence-electron chi connectivity index (χ4n) is 3.23. The fourth-order valence-corrected chi connectivity index (χ4v) is 3.23. The predicted octanol–water partition coefficient (Wildman–Crippen LogP) is 5.86. The van der Waals surface area contributed by atoms with E-state index in [2.05, 4.69) is 4.90 Å². The summed E-state index contributed by atoms with van der Waals surface area (Å²) in [6, 6.07) is 15.1. The number of benzene rings is 2. The maximum absolute atomic E-state index is 12.6. The molecule has 0 radical (unpaired) electrons. The second-order valence-electron chi connectivity index (χ2n) is 6.87. The van der Waals surface area contributed by atoms with Crippen molar-refractivity contribution in [1.82, 2.24) is 4.90 Å². The molecule has 144 valence electrons. The Morgan fingerprint density at radius 2 is 1.63 bits per heavy atom. The monoisotopic (exact) mass is 375 g/mol. The van der Waals surface area contributed by atoms with E-state index in [-0.39, 0.29) is 0 Å². The minimum absolute atomic E-state index is 0.613. The number of likely N-dealkylation sites (tertiary alicyclic amines) is 1. The maximum atomic E-state index is 12.6. The van der Waals surface area contributed by atoms with Gasteiger partial charge in [-0.05, 0) is 67.3 Å². The topological polar surface area (TPSA) is 12.5 Å². The van der Waals surface area contributed by atoms with Gasteiger partial charge in [0.25, 0.3) is 0 Å². The molecule has 1 aliphatic heterocycles. The quantitative estimate of drug-likeness (QED) is 0.627. The number of halogens is 3. The average molecular weight is 375 g/mol. The molecule has 2 aromatic rings. The first-order valence-electron chi connectivity index (χ1n) is 9.28. The molecule has 0 aliphatic carbocycles. The minimum Gasteiger partial charge on any atom is -0.494 e. The first-order valence-corrected chi connectivity index (χ1v) is 9.28. The van der Waals surface area contributed by atoms with Crippen LogP contribution in [0.3, 0.4) is 0 Å². The number of ether oxygens (including phenoxy) is 1. The maximum Gasteiger partial charge on any atom is 0.416 e. The van der Waals surface area contributed by atoms with Gasteiger partial charge in [0, 0.05) is 13.1 Å². The van der Waals surface area contributed by atoms with Gasteiger partial charge in [-0.2, -0.15) is 13.2 Å². The van der Waals surface area contributed by atoms with Gasteiger partial charge < -0.3 is 9.64 Å². The van der Waals surface area contributed by atoms with Crippen molar-refractivity contribution in [3.05, 3.63) is 71.9 Å². The molecule has 0 aromatic heterocycles. The Morgan fingerprint density at radius 3 is 2.26 bits per heavy atom. The van der Waals surface area contributed by atoms with Crippen molar-refractivity contribution in [2.45, 2.75) is 25.4 Å². The SMILES string of the molecule is FC(F)(F)c1ccc(C=CN2CCC(CCOc3ccccc3)CC2)cc1. The van der Waals surface area contributed by atoms with Crippen LogP contribution >= 0.6 is 0 Å². The lowest BCUT2D eigenvalue weighted by molar-refractivity contribution is -0.137. The molecule has 0 amide bonds. The Hall–Kier alpha value is -2.43. The number of alkyl halides is 3. The normalized spacial score (nSPS) is 16.0. The zero-order valence-corrected chi connectivity index (χ0v) is 15.2. The molecule has 2 nitrogen and oxygen atoms in total. The van der Waals surface area contributed by atoms with Crippen LogP contribution in [-0.2, 0) is 6.18 Å². The van der Waals surface area contributed by atoms with E-state index < -0.39 is 11.7 Å². The smallest absolute Gasteiger partial charge is 0.416 e. The van der Waals surface area contributed by atoms with Gasteiger partial charge in [-0.3, -0.25) is 0 Å². The Balaban J connectivity index is 1.39. The van der Waals surface area contributed by atoms with Gasteiger partial charge in [0.15, 0.2) is 0 Å². The Kier molecular flexibility index (Phi) is 6.43. The van der Waals surface area contributed by atoms with E-state index in [4.69, 9.17) is 4.74 Å². The third-order valence-electron chi connectivity index (χ3n) is 4.90. The molecule has 0 spiro atoms. The summed E-state index contributed by atoms with van der Waals surface area (Å²) in [6.45, 7) is 2.66. The molecule has 0 N–H and O–H groups in total. The van der Waals surface area contributed by atoms with E-state index in [1.165, 1.54) is 12.1 Å². The summed E-state index contributed by atoms with van der Waals surface area (Å²) in [5.41, 5.74) is 0.166. The second-order valence-corrected chi connectivity index (χ2v) is 6.87. The lowest BCUT2D eigenvalue weighted by atomic mass is 9.94. The molecule has 0 saturated carbocycles. The highest BCUT2D eigenvalue weighted by Gasteiger charge is 2.29. The molecule has 1 heterocycles. The Bertz CT molecular complexity index is 717. The summed E-state index contributed by atoms with van der Waals surface area (Å²) < 4.78 is 43.5. The summed E-state index contributed by atoms with van der Waals surface area (Å²) in [4.78, 5) is 2.23. The highest BCUT2D eigenvalue weighted by atomic mass is 19.4. The third kappa shape index (κ3) is 6.05. The van der Waals surface area contributed by atoms with E-state index in [1.807, 2.05) is 42.6 Å². The zero-order valence-electron chi connectivity index (χ0n) is 15.2. The standard InChI is InChI=1S/C22H24F3NO/c23-22(24,25)20-8-6-18(7-9-20)10-14-26-15-11-19(12-16-26)13-17-27-21-4-2-1-3-5-21/h1-10,14,19H,11-13,15-17H2. The zero-order chi connectivity index (χ0) is 19.1. The molecule has 0 unspecified atom stereocenters. The van der Waals surface area contributed by atoms with Crippen LogP contribution in [0.4, 0.5) is 13.2 Å². The van der Waals surface area contributed by atoms with E-state index in [1.54, 1.807) is 0 Å². The molecular weight excluding hydrogens is 351 g/mol. The van der Waals surface area contributed by atoms with Crippen LogP contribution in [0.25, 0.3) is 6.08 Å². The average Bonchev–Trinajstić information content (AvgIpc) is 2.68. The van der Waals surface area contributed by atoms with E-state index in [0.717, 1.165) is 62.4 Å². The van der Waals surface area contributed by atoms with Gasteiger partial charge in [0.05, 0.1) is 12.2 Å². The van der Waals surface area contributed by atoms with Crippen LogP contribution in [0.1, 0.15) is 30.4 Å². The number of rotatable bonds is 6. The summed E-state index contributed by atoms with van der Waals surface area (Å²) in [7, 11) is 0.